The van der Waals surface area contributed by atoms with Crippen LogP contribution in [0, 0.1) is 6.92 Å². The van der Waals surface area contributed by atoms with Crippen molar-refractivity contribution in [1.82, 2.24) is 9.78 Å². The van der Waals surface area contributed by atoms with E-state index in [0.717, 1.165) is 0 Å². The number of rotatable bonds is 6. The number of para-hydroxylation sites is 1. The normalized spacial score (nSPS) is 10.2. The summed E-state index contributed by atoms with van der Waals surface area (Å²) in [4.78, 5) is 24.1. The molecule has 0 atom stereocenters. The van der Waals surface area contributed by atoms with E-state index < -0.39 is 5.97 Å². The summed E-state index contributed by atoms with van der Waals surface area (Å²) < 4.78 is 11.8. The van der Waals surface area contributed by atoms with Gasteiger partial charge in [0, 0.05) is 7.05 Å². The minimum absolute atomic E-state index is 0.170. The third-order valence-corrected chi connectivity index (χ3v) is 3.07. The van der Waals surface area contributed by atoms with E-state index in [1.807, 2.05) is 18.2 Å². The Balaban J connectivity index is 2.07. The number of hydrogen-bond acceptors (Lipinski definition) is 5. The number of nitrogens with zero attached hydrogens (tertiary/aromatic N) is 2. The van der Waals surface area contributed by atoms with E-state index in [9.17, 15) is 9.59 Å². The monoisotopic (exact) mass is 317 g/mol. The molecule has 0 aliphatic heterocycles. The molecule has 0 aliphatic carbocycles. The van der Waals surface area contributed by atoms with Gasteiger partial charge in [0.05, 0.1) is 12.3 Å². The van der Waals surface area contributed by atoms with Crippen LogP contribution in [-0.2, 0) is 16.6 Å². The molecule has 0 saturated carbocycles. The molecule has 122 valence electrons. The first kappa shape index (κ1) is 16.5. The number of nitrogens with one attached hydrogen (secondary N) is 1. The zero-order valence-corrected chi connectivity index (χ0v) is 13.3. The molecular weight excluding hydrogens is 298 g/mol. The van der Waals surface area contributed by atoms with E-state index in [2.05, 4.69) is 10.4 Å². The number of anilines is 1. The van der Waals surface area contributed by atoms with E-state index in [1.54, 1.807) is 33.0 Å². The van der Waals surface area contributed by atoms with Crippen LogP contribution in [0.1, 0.15) is 23.0 Å². The highest BCUT2D eigenvalue weighted by atomic mass is 16.5. The van der Waals surface area contributed by atoms with Gasteiger partial charge in [-0.1, -0.05) is 18.2 Å². The standard InChI is InChI=1S/C16H19N3O4/c1-4-22-16(21)14-11(2)18-19(3)15(14)17-13(20)10-23-12-8-6-5-7-9-12/h5-9H,4,10H2,1-3H3,(H,17,20). The molecule has 0 fully saturated rings. The van der Waals surface area contributed by atoms with Gasteiger partial charge in [0.15, 0.2) is 6.61 Å². The zero-order chi connectivity index (χ0) is 16.8. The van der Waals surface area contributed by atoms with Gasteiger partial charge < -0.3 is 14.8 Å². The van der Waals surface area contributed by atoms with Crippen LogP contribution in [0.15, 0.2) is 30.3 Å². The summed E-state index contributed by atoms with van der Waals surface area (Å²) in [5.74, 6) is -0.0168. The SMILES string of the molecule is CCOC(=O)c1c(C)nn(C)c1NC(=O)COc1ccccc1. The second-order valence-electron chi connectivity index (χ2n) is 4.80. The number of carbonyl (C=O) groups is 2. The maximum atomic E-state index is 12.1. The molecule has 0 spiro atoms. The first-order chi connectivity index (χ1) is 11.0. The fourth-order valence-electron chi connectivity index (χ4n) is 2.08. The van der Waals surface area contributed by atoms with E-state index >= 15 is 0 Å². The summed E-state index contributed by atoms with van der Waals surface area (Å²) in [7, 11) is 1.64. The lowest BCUT2D eigenvalue weighted by Crippen LogP contribution is -2.23. The van der Waals surface area contributed by atoms with Crippen molar-refractivity contribution in [2.24, 2.45) is 7.05 Å². The van der Waals surface area contributed by atoms with E-state index in [4.69, 9.17) is 9.47 Å². The Bertz CT molecular complexity index is 695. The van der Waals surface area contributed by atoms with E-state index in [1.165, 1.54) is 4.68 Å². The number of benzene rings is 1. The predicted molar refractivity (Wildman–Crippen MR) is 84.5 cm³/mol. The number of carbonyl (C=O) groups excluding carboxylic acids is 2. The second-order valence-corrected chi connectivity index (χ2v) is 4.80. The second kappa shape index (κ2) is 7.44. The maximum absolute atomic E-state index is 12.1. The van der Waals surface area contributed by atoms with Crippen molar-refractivity contribution in [1.29, 1.82) is 0 Å². The fraction of sp³-hybridized carbons (Fsp3) is 0.312. The highest BCUT2D eigenvalue weighted by molar-refractivity contribution is 6.01. The van der Waals surface area contributed by atoms with Gasteiger partial charge in [-0.25, -0.2) is 4.79 Å². The molecule has 23 heavy (non-hydrogen) atoms. The maximum Gasteiger partial charge on any atom is 0.343 e. The molecular formula is C16H19N3O4. The number of amides is 1. The summed E-state index contributed by atoms with van der Waals surface area (Å²) in [5.41, 5.74) is 0.743. The Morgan fingerprint density at radius 1 is 1.26 bits per heavy atom. The fourth-order valence-corrected chi connectivity index (χ4v) is 2.08. The van der Waals surface area contributed by atoms with Gasteiger partial charge in [-0.15, -0.1) is 0 Å². The van der Waals surface area contributed by atoms with Crippen LogP contribution in [0.4, 0.5) is 5.82 Å². The molecule has 1 aromatic heterocycles. The van der Waals surface area contributed by atoms with Gasteiger partial charge in [-0.2, -0.15) is 5.10 Å². The average Bonchev–Trinajstić information content (AvgIpc) is 2.80. The Hall–Kier alpha value is -2.83. The average molecular weight is 317 g/mol. The van der Waals surface area contributed by atoms with Crippen LogP contribution in [0.5, 0.6) is 5.75 Å². The van der Waals surface area contributed by atoms with Crippen LogP contribution in [-0.4, -0.2) is 34.9 Å². The van der Waals surface area contributed by atoms with Crippen molar-refractivity contribution in [3.05, 3.63) is 41.6 Å². The Morgan fingerprint density at radius 3 is 2.61 bits per heavy atom. The van der Waals surface area contributed by atoms with Crippen molar-refractivity contribution in [3.63, 3.8) is 0 Å². The van der Waals surface area contributed by atoms with Gasteiger partial charge in [-0.3, -0.25) is 9.48 Å². The molecule has 0 aliphatic rings. The number of ether oxygens (including phenoxy) is 2. The zero-order valence-electron chi connectivity index (χ0n) is 13.3. The van der Waals surface area contributed by atoms with Crippen molar-refractivity contribution in [3.8, 4) is 5.75 Å². The van der Waals surface area contributed by atoms with Crippen LogP contribution in [0.25, 0.3) is 0 Å². The van der Waals surface area contributed by atoms with Gasteiger partial charge in [0.1, 0.15) is 17.1 Å². The smallest absolute Gasteiger partial charge is 0.343 e. The summed E-state index contributed by atoms with van der Waals surface area (Å²) in [6, 6.07) is 9.00. The molecule has 1 heterocycles. The first-order valence-electron chi connectivity index (χ1n) is 7.21. The van der Waals surface area contributed by atoms with Crippen LogP contribution in [0.3, 0.4) is 0 Å². The van der Waals surface area contributed by atoms with Gasteiger partial charge in [0.25, 0.3) is 5.91 Å². The number of hydrogen-bond donors (Lipinski definition) is 1. The molecule has 1 amide bonds. The lowest BCUT2D eigenvalue weighted by atomic mass is 10.2. The van der Waals surface area contributed by atoms with E-state index in [-0.39, 0.29) is 24.7 Å². The highest BCUT2D eigenvalue weighted by Crippen LogP contribution is 2.20. The summed E-state index contributed by atoms with van der Waals surface area (Å²) in [6.07, 6.45) is 0. The molecule has 7 heteroatoms. The van der Waals surface area contributed by atoms with Crippen LogP contribution < -0.4 is 10.1 Å². The van der Waals surface area contributed by atoms with Gasteiger partial charge in [0.2, 0.25) is 0 Å². The van der Waals surface area contributed by atoms with Crippen molar-refractivity contribution in [2.75, 3.05) is 18.5 Å². The van der Waals surface area contributed by atoms with Gasteiger partial charge >= 0.3 is 5.97 Å². The summed E-state index contributed by atoms with van der Waals surface area (Å²) >= 11 is 0. The lowest BCUT2D eigenvalue weighted by molar-refractivity contribution is -0.118. The Morgan fingerprint density at radius 2 is 1.96 bits per heavy atom. The predicted octanol–water partition coefficient (Wildman–Crippen LogP) is 1.92. The van der Waals surface area contributed by atoms with Crippen molar-refractivity contribution >= 4 is 17.7 Å². The molecule has 2 aromatic rings. The topological polar surface area (TPSA) is 82.5 Å². The number of aryl methyl sites for hydroxylation is 2. The van der Waals surface area contributed by atoms with Crippen LogP contribution in [0.2, 0.25) is 0 Å². The molecule has 0 bridgehead atoms. The quantitative estimate of drug-likeness (QED) is 0.823. The third-order valence-electron chi connectivity index (χ3n) is 3.07. The molecule has 1 N–H and O–H groups in total. The summed E-state index contributed by atoms with van der Waals surface area (Å²) in [5, 5.41) is 6.79. The largest absolute Gasteiger partial charge is 0.484 e. The minimum Gasteiger partial charge on any atom is -0.484 e. The Kier molecular flexibility index (Phi) is 5.35. The summed E-state index contributed by atoms with van der Waals surface area (Å²) in [6.45, 7) is 3.48. The molecule has 1 aromatic carbocycles. The number of esters is 1. The van der Waals surface area contributed by atoms with Crippen molar-refractivity contribution in [2.45, 2.75) is 13.8 Å². The number of aromatic nitrogens is 2. The lowest BCUT2D eigenvalue weighted by Gasteiger charge is -2.09. The van der Waals surface area contributed by atoms with Gasteiger partial charge in [-0.05, 0) is 26.0 Å². The van der Waals surface area contributed by atoms with Crippen molar-refractivity contribution < 1.29 is 19.1 Å². The first-order valence-corrected chi connectivity index (χ1v) is 7.21. The van der Waals surface area contributed by atoms with Crippen LogP contribution >= 0.6 is 0 Å². The highest BCUT2D eigenvalue weighted by Gasteiger charge is 2.23. The molecule has 7 nitrogen and oxygen atoms in total. The Labute approximate surface area is 134 Å². The molecule has 2 rings (SSSR count). The molecule has 0 radical (unpaired) electrons. The molecule has 0 unspecified atom stereocenters. The minimum atomic E-state index is -0.516. The molecule has 0 saturated heterocycles. The van der Waals surface area contributed by atoms with E-state index in [0.29, 0.717) is 17.3 Å². The third kappa shape index (κ3) is 4.09.